The topological polar surface area (TPSA) is 65.8 Å². The summed E-state index contributed by atoms with van der Waals surface area (Å²) in [4.78, 5) is 12.8. The van der Waals surface area contributed by atoms with Crippen LogP contribution in [0.15, 0.2) is 35.3 Å². The third kappa shape index (κ3) is 3.04. The van der Waals surface area contributed by atoms with Crippen molar-refractivity contribution in [3.05, 3.63) is 63.5 Å². The Hall–Kier alpha value is -2.68. The molecule has 0 saturated heterocycles. The van der Waals surface area contributed by atoms with Gasteiger partial charge in [-0.2, -0.15) is 18.3 Å². The first-order valence-corrected chi connectivity index (χ1v) is 9.32. The summed E-state index contributed by atoms with van der Waals surface area (Å²) < 4.78 is 56.1. The van der Waals surface area contributed by atoms with E-state index < -0.39 is 23.1 Å². The minimum Gasteiger partial charge on any atom is -0.316 e. The molecule has 1 aromatic carbocycles. The lowest BCUT2D eigenvalue weighted by molar-refractivity contribution is -0.140. The van der Waals surface area contributed by atoms with Gasteiger partial charge in [0.1, 0.15) is 5.82 Å². The smallest absolute Gasteiger partial charge is 0.316 e. The van der Waals surface area contributed by atoms with Crippen LogP contribution in [-0.4, -0.2) is 14.3 Å². The van der Waals surface area contributed by atoms with Crippen LogP contribution in [0.3, 0.4) is 0 Å². The average molecular weight is 408 g/mol. The van der Waals surface area contributed by atoms with Crippen molar-refractivity contribution < 1.29 is 17.6 Å². The highest BCUT2D eigenvalue weighted by atomic mass is 19.4. The Balaban J connectivity index is 1.90. The van der Waals surface area contributed by atoms with Gasteiger partial charge in [-0.05, 0) is 43.0 Å². The highest BCUT2D eigenvalue weighted by molar-refractivity contribution is 5.82. The van der Waals surface area contributed by atoms with Gasteiger partial charge in [-0.3, -0.25) is 9.48 Å². The average Bonchev–Trinajstić information content (AvgIpc) is 3.42. The maximum absolute atomic E-state index is 14.2. The Morgan fingerprint density at radius 2 is 1.93 bits per heavy atom. The lowest BCUT2D eigenvalue weighted by Gasteiger charge is -2.30. The Labute approximate surface area is 163 Å². The van der Waals surface area contributed by atoms with Gasteiger partial charge in [-0.1, -0.05) is 13.0 Å². The number of alkyl halides is 3. The Morgan fingerprint density at radius 1 is 1.24 bits per heavy atom. The lowest BCUT2D eigenvalue weighted by atomic mass is 9.83. The van der Waals surface area contributed by atoms with Gasteiger partial charge < -0.3 is 10.3 Å². The summed E-state index contributed by atoms with van der Waals surface area (Å²) in [6.45, 7) is 1.75. The van der Waals surface area contributed by atoms with Crippen LogP contribution in [0.2, 0.25) is 0 Å². The fraction of sp³-hybridized carbons (Fsp3) is 0.400. The maximum atomic E-state index is 14.2. The van der Waals surface area contributed by atoms with Crippen LogP contribution in [0.4, 0.5) is 17.6 Å². The normalized spacial score (nSPS) is 16.9. The zero-order valence-electron chi connectivity index (χ0n) is 15.9. The van der Waals surface area contributed by atoms with E-state index in [2.05, 4.69) is 5.10 Å². The van der Waals surface area contributed by atoms with E-state index in [1.54, 1.807) is 30.8 Å². The Bertz CT molecular complexity index is 1160. The molecular weight excluding hydrogens is 388 g/mol. The molecule has 3 aromatic rings. The molecule has 0 spiro atoms. The molecule has 2 N–H and O–H groups in total. The van der Waals surface area contributed by atoms with Crippen molar-refractivity contribution >= 4 is 10.9 Å². The number of pyridine rings is 1. The summed E-state index contributed by atoms with van der Waals surface area (Å²) in [5.74, 6) is -1.39. The van der Waals surface area contributed by atoms with Gasteiger partial charge in [0, 0.05) is 24.7 Å². The number of hydrogen-bond acceptors (Lipinski definition) is 3. The van der Waals surface area contributed by atoms with Crippen molar-refractivity contribution in [2.24, 2.45) is 12.8 Å². The molecule has 154 valence electrons. The Morgan fingerprint density at radius 3 is 2.48 bits per heavy atom. The van der Waals surface area contributed by atoms with Gasteiger partial charge in [0.05, 0.1) is 16.8 Å². The molecule has 1 fully saturated rings. The van der Waals surface area contributed by atoms with E-state index in [-0.39, 0.29) is 29.1 Å². The molecule has 1 atom stereocenters. The zero-order valence-corrected chi connectivity index (χ0v) is 15.9. The van der Waals surface area contributed by atoms with E-state index in [0.29, 0.717) is 17.1 Å². The number of hydrogen-bond donors (Lipinski definition) is 1. The van der Waals surface area contributed by atoms with Crippen molar-refractivity contribution in [3.8, 4) is 0 Å². The minimum atomic E-state index is -4.79. The molecule has 2 heterocycles. The van der Waals surface area contributed by atoms with Gasteiger partial charge in [-0.25, -0.2) is 4.39 Å². The quantitative estimate of drug-likeness (QED) is 0.667. The van der Waals surface area contributed by atoms with Crippen molar-refractivity contribution in [3.63, 3.8) is 0 Å². The highest BCUT2D eigenvalue weighted by Crippen LogP contribution is 2.38. The zero-order chi connectivity index (χ0) is 21.1. The van der Waals surface area contributed by atoms with Crippen LogP contribution in [0, 0.1) is 5.82 Å². The summed E-state index contributed by atoms with van der Waals surface area (Å²) in [6, 6.07) is 4.61. The van der Waals surface area contributed by atoms with Crippen LogP contribution in [-0.2, 0) is 18.8 Å². The third-order valence-corrected chi connectivity index (χ3v) is 5.63. The minimum absolute atomic E-state index is 0.176. The van der Waals surface area contributed by atoms with Gasteiger partial charge in [0.15, 0.2) is 5.52 Å². The molecular formula is C20H20F4N4O. The lowest BCUT2D eigenvalue weighted by Crippen LogP contribution is -2.39. The first-order chi connectivity index (χ1) is 13.6. The molecule has 2 aromatic heterocycles. The van der Waals surface area contributed by atoms with E-state index in [0.717, 1.165) is 18.9 Å². The van der Waals surface area contributed by atoms with E-state index in [9.17, 15) is 22.4 Å². The molecule has 1 aliphatic rings. The van der Waals surface area contributed by atoms with E-state index in [4.69, 9.17) is 5.73 Å². The van der Waals surface area contributed by atoms with Gasteiger partial charge in [-0.15, -0.1) is 0 Å². The van der Waals surface area contributed by atoms with Crippen LogP contribution in [0.25, 0.3) is 10.9 Å². The standard InChI is InChI=1S/C20H20F4N4O/c1-3-19(25,11-4-7-14(15(21)10-11)20(22,23)24)17-13-8-9-28(12-5-6-12)18(29)16(13)26-27(17)2/h4,7-10,12H,3,5-6,25H2,1-2H3. The fourth-order valence-electron chi connectivity index (χ4n) is 3.90. The summed E-state index contributed by atoms with van der Waals surface area (Å²) in [5, 5.41) is 4.84. The molecule has 0 amide bonds. The maximum Gasteiger partial charge on any atom is 0.419 e. The van der Waals surface area contributed by atoms with E-state index >= 15 is 0 Å². The number of fused-ring (bicyclic) bond motifs is 1. The molecule has 9 heteroatoms. The molecule has 1 unspecified atom stereocenters. The van der Waals surface area contributed by atoms with Crippen LogP contribution < -0.4 is 11.3 Å². The number of nitrogens with zero attached hydrogens (tertiary/aromatic N) is 3. The number of rotatable bonds is 4. The number of aromatic nitrogens is 3. The molecule has 29 heavy (non-hydrogen) atoms. The monoisotopic (exact) mass is 408 g/mol. The van der Waals surface area contributed by atoms with Crippen molar-refractivity contribution in [2.45, 2.75) is 43.9 Å². The molecule has 0 bridgehead atoms. The first kappa shape index (κ1) is 19.6. The fourth-order valence-corrected chi connectivity index (χ4v) is 3.90. The molecule has 0 radical (unpaired) electrons. The van der Waals surface area contributed by atoms with Gasteiger partial charge in [0.25, 0.3) is 5.56 Å². The second kappa shape index (κ2) is 6.41. The van der Waals surface area contributed by atoms with Crippen molar-refractivity contribution in [1.82, 2.24) is 14.3 Å². The molecule has 5 nitrogen and oxygen atoms in total. The van der Waals surface area contributed by atoms with E-state index in [1.807, 2.05) is 0 Å². The van der Waals surface area contributed by atoms with Crippen LogP contribution in [0.5, 0.6) is 0 Å². The Kier molecular flexibility index (Phi) is 4.34. The SMILES string of the molecule is CCC(N)(c1ccc(C(F)(F)F)c(F)c1)c1c2ccn(C3CC3)c(=O)c2nn1C. The number of benzene rings is 1. The third-order valence-electron chi connectivity index (χ3n) is 5.63. The van der Waals surface area contributed by atoms with Crippen molar-refractivity contribution in [2.75, 3.05) is 0 Å². The number of nitrogens with two attached hydrogens (primary N) is 1. The first-order valence-electron chi connectivity index (χ1n) is 9.32. The van der Waals surface area contributed by atoms with Gasteiger partial charge >= 0.3 is 6.18 Å². The second-order valence-corrected chi connectivity index (χ2v) is 7.51. The second-order valence-electron chi connectivity index (χ2n) is 7.51. The number of halogens is 4. The summed E-state index contributed by atoms with van der Waals surface area (Å²) in [6.07, 6.45) is -0.967. The van der Waals surface area contributed by atoms with Crippen LogP contribution >= 0.6 is 0 Å². The summed E-state index contributed by atoms with van der Waals surface area (Å²) in [5.41, 5.74) is 4.60. The molecule has 4 rings (SSSR count). The predicted molar refractivity (Wildman–Crippen MR) is 99.9 cm³/mol. The summed E-state index contributed by atoms with van der Waals surface area (Å²) >= 11 is 0. The van der Waals surface area contributed by atoms with Crippen molar-refractivity contribution in [1.29, 1.82) is 0 Å². The number of aryl methyl sites for hydroxylation is 1. The van der Waals surface area contributed by atoms with Gasteiger partial charge in [0.2, 0.25) is 0 Å². The highest BCUT2D eigenvalue weighted by Gasteiger charge is 2.38. The predicted octanol–water partition coefficient (Wildman–Crippen LogP) is 3.84. The van der Waals surface area contributed by atoms with Crippen LogP contribution in [0.1, 0.15) is 49.0 Å². The largest absolute Gasteiger partial charge is 0.419 e. The molecule has 1 saturated carbocycles. The molecule has 1 aliphatic carbocycles. The summed E-state index contributed by atoms with van der Waals surface area (Å²) in [7, 11) is 1.62. The van der Waals surface area contributed by atoms with E-state index in [1.165, 1.54) is 10.7 Å². The molecule has 0 aliphatic heterocycles.